The molecule has 1 rings (SSSR count). The van der Waals surface area contributed by atoms with E-state index in [4.69, 9.17) is 4.74 Å². The average molecular weight is 176 g/mol. The second-order valence-electron chi connectivity index (χ2n) is 3.87. The zero-order valence-corrected chi connectivity index (χ0v) is 8.15. The van der Waals surface area contributed by atoms with Crippen molar-refractivity contribution < 1.29 is 9.84 Å². The molecule has 2 nitrogen and oxygen atoms in total. The van der Waals surface area contributed by atoms with Crippen LogP contribution in [0.5, 0.6) is 0 Å². The summed E-state index contributed by atoms with van der Waals surface area (Å²) < 4.78 is 5.64. The standard InChI is InChI=1S/C8H16O2S/c1-8(2,3)10-7-5-11-4-6(7)9/h6-7,9H,4-5H2,1-3H3. The first-order valence-corrected chi connectivity index (χ1v) is 5.08. The van der Waals surface area contributed by atoms with Crippen LogP contribution in [0.1, 0.15) is 20.8 Å². The first-order valence-electron chi connectivity index (χ1n) is 3.93. The van der Waals surface area contributed by atoms with Crippen molar-refractivity contribution in [2.45, 2.75) is 38.6 Å². The van der Waals surface area contributed by atoms with Gasteiger partial charge in [0.25, 0.3) is 0 Å². The molecule has 0 bridgehead atoms. The van der Waals surface area contributed by atoms with Crippen LogP contribution in [0.15, 0.2) is 0 Å². The Kier molecular flexibility index (Phi) is 2.84. The fraction of sp³-hybridized carbons (Fsp3) is 1.00. The number of aliphatic hydroxyl groups is 1. The Bertz CT molecular complexity index is 131. The molecule has 11 heavy (non-hydrogen) atoms. The van der Waals surface area contributed by atoms with E-state index in [1.54, 1.807) is 11.8 Å². The summed E-state index contributed by atoms with van der Waals surface area (Å²) in [5, 5.41) is 9.41. The van der Waals surface area contributed by atoms with Gasteiger partial charge in [0.15, 0.2) is 0 Å². The molecule has 1 aliphatic rings. The number of hydrogen-bond donors (Lipinski definition) is 1. The van der Waals surface area contributed by atoms with E-state index < -0.39 is 0 Å². The highest BCUT2D eigenvalue weighted by molar-refractivity contribution is 7.99. The van der Waals surface area contributed by atoms with Crippen LogP contribution in [0, 0.1) is 0 Å². The summed E-state index contributed by atoms with van der Waals surface area (Å²) in [6, 6.07) is 0. The van der Waals surface area contributed by atoms with Gasteiger partial charge in [-0.05, 0) is 20.8 Å². The van der Waals surface area contributed by atoms with Crippen molar-refractivity contribution in [2.75, 3.05) is 11.5 Å². The number of ether oxygens (including phenoxy) is 1. The minimum absolute atomic E-state index is 0.0417. The lowest BCUT2D eigenvalue weighted by Gasteiger charge is -2.26. The Labute approximate surface area is 72.3 Å². The highest BCUT2D eigenvalue weighted by Crippen LogP contribution is 2.24. The smallest absolute Gasteiger partial charge is 0.0939 e. The Morgan fingerprint density at radius 3 is 2.36 bits per heavy atom. The first kappa shape index (κ1) is 9.36. The molecule has 0 radical (unpaired) electrons. The molecule has 3 heteroatoms. The van der Waals surface area contributed by atoms with Gasteiger partial charge in [0.2, 0.25) is 0 Å². The van der Waals surface area contributed by atoms with Crippen LogP contribution in [0.3, 0.4) is 0 Å². The number of hydrogen-bond acceptors (Lipinski definition) is 3. The fourth-order valence-electron chi connectivity index (χ4n) is 1.09. The molecule has 0 aromatic rings. The van der Waals surface area contributed by atoms with Gasteiger partial charge >= 0.3 is 0 Å². The molecule has 0 aromatic heterocycles. The molecule has 0 spiro atoms. The minimum Gasteiger partial charge on any atom is -0.390 e. The van der Waals surface area contributed by atoms with Gasteiger partial charge in [-0.1, -0.05) is 0 Å². The SMILES string of the molecule is CC(C)(C)OC1CSCC1O. The monoisotopic (exact) mass is 176 g/mol. The second kappa shape index (κ2) is 3.33. The molecule has 1 heterocycles. The van der Waals surface area contributed by atoms with E-state index in [1.165, 1.54) is 0 Å². The van der Waals surface area contributed by atoms with Crippen LogP contribution >= 0.6 is 11.8 Å². The van der Waals surface area contributed by atoms with E-state index in [9.17, 15) is 5.11 Å². The highest BCUT2D eigenvalue weighted by atomic mass is 32.2. The fourth-order valence-corrected chi connectivity index (χ4v) is 2.20. The molecule has 0 saturated carbocycles. The molecule has 2 unspecified atom stereocenters. The maximum Gasteiger partial charge on any atom is 0.0939 e. The number of aliphatic hydroxyl groups excluding tert-OH is 1. The van der Waals surface area contributed by atoms with E-state index in [0.29, 0.717) is 0 Å². The van der Waals surface area contributed by atoms with Gasteiger partial charge < -0.3 is 9.84 Å². The normalized spacial score (nSPS) is 32.7. The van der Waals surface area contributed by atoms with Crippen LogP contribution in [0.4, 0.5) is 0 Å². The summed E-state index contributed by atoms with van der Waals surface area (Å²) in [7, 11) is 0. The van der Waals surface area contributed by atoms with Gasteiger partial charge in [0.05, 0.1) is 17.8 Å². The van der Waals surface area contributed by atoms with E-state index >= 15 is 0 Å². The van der Waals surface area contributed by atoms with Gasteiger partial charge in [-0.25, -0.2) is 0 Å². The van der Waals surface area contributed by atoms with Crippen LogP contribution in [0.25, 0.3) is 0 Å². The Hall–Kier alpha value is 0.270. The molecule has 2 atom stereocenters. The topological polar surface area (TPSA) is 29.5 Å². The summed E-state index contributed by atoms with van der Waals surface area (Å²) in [6.07, 6.45) is -0.223. The molecule has 1 saturated heterocycles. The molecular formula is C8H16O2S. The first-order chi connectivity index (χ1) is 4.99. The largest absolute Gasteiger partial charge is 0.390 e. The molecule has 1 N–H and O–H groups in total. The number of rotatable bonds is 1. The van der Waals surface area contributed by atoms with E-state index in [1.807, 2.05) is 20.8 Å². The summed E-state index contributed by atoms with van der Waals surface area (Å²) in [6.45, 7) is 6.05. The van der Waals surface area contributed by atoms with Crippen LogP contribution < -0.4 is 0 Å². The summed E-state index contributed by atoms with van der Waals surface area (Å²) >= 11 is 1.76. The lowest BCUT2D eigenvalue weighted by molar-refractivity contribution is -0.0892. The Morgan fingerprint density at radius 2 is 2.00 bits per heavy atom. The Morgan fingerprint density at radius 1 is 1.36 bits per heavy atom. The molecule has 0 aliphatic carbocycles. The van der Waals surface area contributed by atoms with Gasteiger partial charge in [0, 0.05) is 11.5 Å². The van der Waals surface area contributed by atoms with Gasteiger partial charge in [-0.3, -0.25) is 0 Å². The lowest BCUT2D eigenvalue weighted by atomic mass is 10.1. The maximum atomic E-state index is 9.41. The Balaban J connectivity index is 2.37. The van der Waals surface area contributed by atoms with Gasteiger partial charge in [-0.2, -0.15) is 11.8 Å². The van der Waals surface area contributed by atoms with E-state index in [2.05, 4.69) is 0 Å². The van der Waals surface area contributed by atoms with Crippen molar-refractivity contribution in [1.82, 2.24) is 0 Å². The summed E-state index contributed by atoms with van der Waals surface area (Å²) in [4.78, 5) is 0. The van der Waals surface area contributed by atoms with Crippen molar-refractivity contribution in [1.29, 1.82) is 0 Å². The second-order valence-corrected chi connectivity index (χ2v) is 4.95. The van der Waals surface area contributed by atoms with E-state index in [-0.39, 0.29) is 17.8 Å². The summed E-state index contributed by atoms with van der Waals surface area (Å²) in [5.41, 5.74) is -0.128. The average Bonchev–Trinajstić information content (AvgIpc) is 2.12. The molecule has 66 valence electrons. The molecule has 0 amide bonds. The molecule has 0 aromatic carbocycles. The zero-order valence-electron chi connectivity index (χ0n) is 7.33. The molecular weight excluding hydrogens is 160 g/mol. The van der Waals surface area contributed by atoms with Crippen LogP contribution in [-0.4, -0.2) is 34.4 Å². The van der Waals surface area contributed by atoms with Crippen molar-refractivity contribution >= 4 is 11.8 Å². The predicted octanol–water partition coefficient (Wildman–Crippen LogP) is 1.28. The van der Waals surface area contributed by atoms with Gasteiger partial charge in [-0.15, -0.1) is 0 Å². The van der Waals surface area contributed by atoms with Gasteiger partial charge in [0.1, 0.15) is 0 Å². The maximum absolute atomic E-state index is 9.41. The zero-order chi connectivity index (χ0) is 8.48. The lowest BCUT2D eigenvalue weighted by Crippen LogP contribution is -2.34. The third kappa shape index (κ3) is 3.01. The van der Waals surface area contributed by atoms with Crippen molar-refractivity contribution in [3.05, 3.63) is 0 Å². The highest BCUT2D eigenvalue weighted by Gasteiger charge is 2.30. The minimum atomic E-state index is -0.265. The van der Waals surface area contributed by atoms with Crippen molar-refractivity contribution in [3.63, 3.8) is 0 Å². The van der Waals surface area contributed by atoms with Crippen molar-refractivity contribution in [3.8, 4) is 0 Å². The molecule has 1 fully saturated rings. The predicted molar refractivity (Wildman–Crippen MR) is 48.0 cm³/mol. The molecule has 1 aliphatic heterocycles. The van der Waals surface area contributed by atoms with Crippen molar-refractivity contribution in [2.24, 2.45) is 0 Å². The third-order valence-corrected chi connectivity index (χ3v) is 2.65. The number of thioether (sulfide) groups is 1. The summed E-state index contributed by atoms with van der Waals surface area (Å²) in [5.74, 6) is 1.75. The quantitative estimate of drug-likeness (QED) is 0.652. The van der Waals surface area contributed by atoms with Crippen LogP contribution in [-0.2, 0) is 4.74 Å². The third-order valence-electron chi connectivity index (χ3n) is 1.50. The van der Waals surface area contributed by atoms with Crippen LogP contribution in [0.2, 0.25) is 0 Å². The van der Waals surface area contributed by atoms with E-state index in [0.717, 1.165) is 11.5 Å².